The first kappa shape index (κ1) is 10.3. The van der Waals surface area contributed by atoms with Crippen LogP contribution < -0.4 is 0 Å². The largest absolute Gasteiger partial charge is 0.381 e. The van der Waals surface area contributed by atoms with Crippen LogP contribution in [0.5, 0.6) is 0 Å². The molecule has 2 rings (SSSR count). The first-order valence-corrected chi connectivity index (χ1v) is 6.01. The third kappa shape index (κ3) is 2.24. The van der Waals surface area contributed by atoms with Gasteiger partial charge in [0.15, 0.2) is 0 Å². The molecule has 0 bridgehead atoms. The highest BCUT2D eigenvalue weighted by Crippen LogP contribution is 2.35. The Balaban J connectivity index is 2.04. The van der Waals surface area contributed by atoms with Gasteiger partial charge in [-0.05, 0) is 24.7 Å². The Morgan fingerprint density at radius 2 is 2.29 bits per heavy atom. The van der Waals surface area contributed by atoms with E-state index < -0.39 is 0 Å². The van der Waals surface area contributed by atoms with Crippen LogP contribution in [0.1, 0.15) is 18.5 Å². The molecule has 1 aliphatic rings. The van der Waals surface area contributed by atoms with Gasteiger partial charge < -0.3 is 4.74 Å². The van der Waals surface area contributed by atoms with Crippen LogP contribution in [0.15, 0.2) is 6.20 Å². The first-order chi connectivity index (χ1) is 6.85. The summed E-state index contributed by atoms with van der Waals surface area (Å²) in [7, 11) is 0. The van der Waals surface area contributed by atoms with Crippen molar-refractivity contribution >= 4 is 23.3 Å². The third-order valence-corrected chi connectivity index (χ3v) is 3.88. The summed E-state index contributed by atoms with van der Waals surface area (Å²) in [4.78, 5) is 0. The Kier molecular flexibility index (Phi) is 3.36. The van der Waals surface area contributed by atoms with E-state index >= 15 is 0 Å². The van der Waals surface area contributed by atoms with Gasteiger partial charge in [-0.3, -0.25) is 0 Å². The molecule has 1 fully saturated rings. The van der Waals surface area contributed by atoms with Crippen LogP contribution in [-0.2, 0) is 11.2 Å². The Bertz CT molecular complexity index is 272. The van der Waals surface area contributed by atoms with Gasteiger partial charge in [0.25, 0.3) is 0 Å². The van der Waals surface area contributed by atoms with E-state index in [2.05, 4.69) is 8.75 Å². The molecule has 3 nitrogen and oxygen atoms in total. The van der Waals surface area contributed by atoms with Crippen molar-refractivity contribution in [3.63, 3.8) is 0 Å². The molecule has 0 spiro atoms. The Morgan fingerprint density at radius 3 is 2.86 bits per heavy atom. The molecule has 1 aromatic heterocycles. The lowest BCUT2D eigenvalue weighted by molar-refractivity contribution is 0.0254. The number of rotatable bonds is 3. The molecule has 2 heterocycles. The fourth-order valence-electron chi connectivity index (χ4n) is 1.81. The van der Waals surface area contributed by atoms with Gasteiger partial charge in [0.1, 0.15) is 0 Å². The van der Waals surface area contributed by atoms with Gasteiger partial charge in [0, 0.05) is 19.1 Å². The monoisotopic (exact) mass is 232 g/mol. The van der Waals surface area contributed by atoms with Crippen molar-refractivity contribution in [2.75, 3.05) is 19.1 Å². The second-order valence-electron chi connectivity index (χ2n) is 3.82. The summed E-state index contributed by atoms with van der Waals surface area (Å²) >= 11 is 7.32. The maximum Gasteiger partial charge on any atom is 0.0749 e. The zero-order valence-electron chi connectivity index (χ0n) is 7.91. The predicted molar refractivity (Wildman–Crippen MR) is 56.8 cm³/mol. The van der Waals surface area contributed by atoms with Crippen molar-refractivity contribution in [2.24, 2.45) is 5.41 Å². The van der Waals surface area contributed by atoms with Crippen LogP contribution in [0.25, 0.3) is 0 Å². The van der Waals surface area contributed by atoms with E-state index in [4.69, 9.17) is 16.3 Å². The highest BCUT2D eigenvalue weighted by molar-refractivity contribution is 6.99. The molecule has 0 N–H and O–H groups in total. The Hall–Kier alpha value is -0.190. The summed E-state index contributed by atoms with van der Waals surface area (Å²) < 4.78 is 13.6. The number of hydrogen-bond acceptors (Lipinski definition) is 4. The van der Waals surface area contributed by atoms with Crippen LogP contribution in [0.4, 0.5) is 0 Å². The molecule has 1 aliphatic heterocycles. The number of hydrogen-bond donors (Lipinski definition) is 0. The fraction of sp³-hybridized carbons (Fsp3) is 0.778. The van der Waals surface area contributed by atoms with Crippen LogP contribution in [0.3, 0.4) is 0 Å². The van der Waals surface area contributed by atoms with Crippen LogP contribution in [0, 0.1) is 5.41 Å². The van der Waals surface area contributed by atoms with E-state index in [1.807, 2.05) is 6.20 Å². The highest BCUT2D eigenvalue weighted by Gasteiger charge is 2.32. The molecule has 0 unspecified atom stereocenters. The van der Waals surface area contributed by atoms with Crippen molar-refractivity contribution in [1.82, 2.24) is 8.75 Å². The van der Waals surface area contributed by atoms with Crippen LogP contribution >= 0.6 is 23.3 Å². The quantitative estimate of drug-likeness (QED) is 0.749. The van der Waals surface area contributed by atoms with Gasteiger partial charge >= 0.3 is 0 Å². The van der Waals surface area contributed by atoms with E-state index in [0.717, 1.165) is 38.2 Å². The lowest BCUT2D eigenvalue weighted by Crippen LogP contribution is -2.33. The topological polar surface area (TPSA) is 35.0 Å². The number of ether oxygens (including phenoxy) is 1. The molecule has 0 radical (unpaired) electrons. The average molecular weight is 233 g/mol. The lowest BCUT2D eigenvalue weighted by atomic mass is 9.78. The molecular formula is C9H13ClN2OS. The minimum absolute atomic E-state index is 0.190. The molecule has 0 aliphatic carbocycles. The van der Waals surface area contributed by atoms with Gasteiger partial charge in [0.05, 0.1) is 23.6 Å². The molecular weight excluding hydrogens is 220 g/mol. The second kappa shape index (κ2) is 4.55. The van der Waals surface area contributed by atoms with Gasteiger partial charge in [-0.1, -0.05) is 0 Å². The van der Waals surface area contributed by atoms with E-state index in [-0.39, 0.29) is 5.41 Å². The summed E-state index contributed by atoms with van der Waals surface area (Å²) in [6.07, 6.45) is 4.85. The zero-order chi connectivity index (χ0) is 9.86. The number of nitrogens with zero attached hydrogens (tertiary/aromatic N) is 2. The maximum atomic E-state index is 6.05. The fourth-order valence-corrected chi connectivity index (χ4v) is 2.60. The Labute approximate surface area is 92.8 Å². The van der Waals surface area contributed by atoms with Crippen molar-refractivity contribution < 1.29 is 4.74 Å². The van der Waals surface area contributed by atoms with Crippen molar-refractivity contribution in [3.8, 4) is 0 Å². The van der Waals surface area contributed by atoms with Gasteiger partial charge in [-0.15, -0.1) is 11.6 Å². The molecule has 0 aromatic carbocycles. The summed E-state index contributed by atoms with van der Waals surface area (Å²) in [6, 6.07) is 0. The third-order valence-electron chi connectivity index (χ3n) is 2.80. The van der Waals surface area contributed by atoms with Gasteiger partial charge in [-0.25, -0.2) is 0 Å². The number of aromatic nitrogens is 2. The van der Waals surface area contributed by atoms with Gasteiger partial charge in [0.2, 0.25) is 0 Å². The van der Waals surface area contributed by atoms with Gasteiger partial charge in [-0.2, -0.15) is 8.75 Å². The van der Waals surface area contributed by atoms with Crippen LogP contribution in [-0.4, -0.2) is 27.8 Å². The second-order valence-corrected chi connectivity index (χ2v) is 4.65. The summed E-state index contributed by atoms with van der Waals surface area (Å²) in [5, 5.41) is 0. The minimum atomic E-state index is 0.190. The molecule has 0 amide bonds. The summed E-state index contributed by atoms with van der Waals surface area (Å²) in [5.74, 6) is 0.688. The normalized spacial score (nSPS) is 20.9. The van der Waals surface area contributed by atoms with E-state index in [1.165, 1.54) is 11.7 Å². The standard InChI is InChI=1S/C9H13ClN2OS/c10-7-9(1-3-13-4-2-9)5-8-6-11-14-12-8/h6H,1-5,7H2. The minimum Gasteiger partial charge on any atom is -0.381 e. The molecule has 0 saturated carbocycles. The summed E-state index contributed by atoms with van der Waals surface area (Å²) in [6.45, 7) is 1.65. The molecule has 5 heteroatoms. The van der Waals surface area contributed by atoms with E-state index in [1.54, 1.807) is 0 Å². The average Bonchev–Trinajstić information content (AvgIpc) is 2.72. The van der Waals surface area contributed by atoms with Crippen molar-refractivity contribution in [1.29, 1.82) is 0 Å². The SMILES string of the molecule is ClCC1(Cc2cnsn2)CCOCC1. The van der Waals surface area contributed by atoms with E-state index in [0.29, 0.717) is 5.88 Å². The van der Waals surface area contributed by atoms with Crippen molar-refractivity contribution in [3.05, 3.63) is 11.9 Å². The first-order valence-electron chi connectivity index (χ1n) is 4.75. The molecule has 0 atom stereocenters. The van der Waals surface area contributed by atoms with Crippen LogP contribution in [0.2, 0.25) is 0 Å². The maximum absolute atomic E-state index is 6.05. The molecule has 78 valence electrons. The lowest BCUT2D eigenvalue weighted by Gasteiger charge is -2.34. The highest BCUT2D eigenvalue weighted by atomic mass is 35.5. The predicted octanol–water partition coefficient (Wildman–Crippen LogP) is 2.12. The molecule has 14 heavy (non-hydrogen) atoms. The zero-order valence-corrected chi connectivity index (χ0v) is 9.48. The summed E-state index contributed by atoms with van der Waals surface area (Å²) in [5.41, 5.74) is 1.26. The van der Waals surface area contributed by atoms with Crippen molar-refractivity contribution in [2.45, 2.75) is 19.3 Å². The Morgan fingerprint density at radius 1 is 1.50 bits per heavy atom. The molecule has 1 saturated heterocycles. The van der Waals surface area contributed by atoms with E-state index in [9.17, 15) is 0 Å². The smallest absolute Gasteiger partial charge is 0.0749 e. The number of alkyl halides is 1. The molecule has 1 aromatic rings. The number of halogens is 1.